The van der Waals surface area contributed by atoms with Gasteiger partial charge in [0.25, 0.3) is 0 Å². The van der Waals surface area contributed by atoms with E-state index in [0.717, 1.165) is 18.8 Å². The van der Waals surface area contributed by atoms with Crippen molar-refractivity contribution >= 4 is 5.88 Å². The van der Waals surface area contributed by atoms with Crippen LogP contribution in [0.15, 0.2) is 10.5 Å². The molecule has 1 fully saturated rings. The molecule has 14 heavy (non-hydrogen) atoms. The summed E-state index contributed by atoms with van der Waals surface area (Å²) in [5, 5.41) is 8.89. The number of morpholine rings is 1. The number of anilines is 1. The van der Waals surface area contributed by atoms with Crippen molar-refractivity contribution in [2.24, 2.45) is 0 Å². The lowest BCUT2D eigenvalue weighted by atomic mass is 10.3. The molecule has 4 nitrogen and oxygen atoms in total. The van der Waals surface area contributed by atoms with Crippen molar-refractivity contribution in [2.75, 3.05) is 31.2 Å². The molecule has 0 radical (unpaired) electrons. The van der Waals surface area contributed by atoms with Gasteiger partial charge in [0.2, 0.25) is 5.88 Å². The fraction of sp³-hybridized carbons (Fsp3) is 0.500. The van der Waals surface area contributed by atoms with Crippen LogP contribution in [-0.4, -0.2) is 26.3 Å². The molecular formula is C10H12N2O2. The van der Waals surface area contributed by atoms with Gasteiger partial charge in [0, 0.05) is 13.1 Å². The second-order valence-corrected chi connectivity index (χ2v) is 3.29. The van der Waals surface area contributed by atoms with Crippen LogP contribution in [0.2, 0.25) is 0 Å². The molecular weight excluding hydrogens is 180 g/mol. The molecule has 1 saturated heterocycles. The highest BCUT2D eigenvalue weighted by Gasteiger charge is 2.18. The maximum atomic E-state index is 8.89. The summed E-state index contributed by atoms with van der Waals surface area (Å²) in [5.74, 6) is 1.47. The lowest BCUT2D eigenvalue weighted by molar-refractivity contribution is 0.120. The van der Waals surface area contributed by atoms with E-state index >= 15 is 0 Å². The van der Waals surface area contributed by atoms with Crippen molar-refractivity contribution in [1.29, 1.82) is 5.26 Å². The minimum Gasteiger partial charge on any atom is -0.444 e. The SMILES string of the molecule is Cc1cc(C#N)c(N2CCOCC2)o1. The van der Waals surface area contributed by atoms with Crippen LogP contribution in [0.25, 0.3) is 0 Å². The van der Waals surface area contributed by atoms with E-state index in [-0.39, 0.29) is 0 Å². The molecule has 1 aromatic heterocycles. The highest BCUT2D eigenvalue weighted by Crippen LogP contribution is 2.24. The van der Waals surface area contributed by atoms with Gasteiger partial charge in [-0.3, -0.25) is 0 Å². The molecule has 0 N–H and O–H groups in total. The summed E-state index contributed by atoms with van der Waals surface area (Å²) in [7, 11) is 0. The van der Waals surface area contributed by atoms with Gasteiger partial charge in [0.1, 0.15) is 17.4 Å². The van der Waals surface area contributed by atoms with E-state index < -0.39 is 0 Å². The molecule has 0 bridgehead atoms. The van der Waals surface area contributed by atoms with Crippen LogP contribution in [-0.2, 0) is 4.74 Å². The first-order valence-corrected chi connectivity index (χ1v) is 4.64. The van der Waals surface area contributed by atoms with Crippen LogP contribution in [0.5, 0.6) is 0 Å². The van der Waals surface area contributed by atoms with Gasteiger partial charge in [-0.15, -0.1) is 0 Å². The zero-order chi connectivity index (χ0) is 9.97. The monoisotopic (exact) mass is 192 g/mol. The maximum absolute atomic E-state index is 8.89. The number of nitrogens with zero attached hydrogens (tertiary/aromatic N) is 2. The smallest absolute Gasteiger partial charge is 0.213 e. The fourth-order valence-corrected chi connectivity index (χ4v) is 1.58. The number of hydrogen-bond donors (Lipinski definition) is 0. The predicted molar refractivity (Wildman–Crippen MR) is 51.2 cm³/mol. The molecule has 0 aromatic carbocycles. The molecule has 2 rings (SSSR count). The van der Waals surface area contributed by atoms with Crippen LogP contribution < -0.4 is 4.90 Å². The molecule has 0 saturated carbocycles. The minimum atomic E-state index is 0.615. The first-order chi connectivity index (χ1) is 6.81. The summed E-state index contributed by atoms with van der Waals surface area (Å²) >= 11 is 0. The van der Waals surface area contributed by atoms with Crippen LogP contribution in [0.3, 0.4) is 0 Å². The largest absolute Gasteiger partial charge is 0.444 e. The molecule has 0 aliphatic carbocycles. The lowest BCUT2D eigenvalue weighted by Gasteiger charge is -2.26. The summed E-state index contributed by atoms with van der Waals surface area (Å²) in [6.07, 6.45) is 0. The topological polar surface area (TPSA) is 49.4 Å². The van der Waals surface area contributed by atoms with Crippen LogP contribution in [0, 0.1) is 18.3 Å². The van der Waals surface area contributed by atoms with Gasteiger partial charge in [-0.05, 0) is 13.0 Å². The van der Waals surface area contributed by atoms with Gasteiger partial charge >= 0.3 is 0 Å². The Bertz CT molecular complexity index is 359. The van der Waals surface area contributed by atoms with E-state index in [1.165, 1.54) is 0 Å². The van der Waals surface area contributed by atoms with Crippen LogP contribution in [0.4, 0.5) is 5.88 Å². The highest BCUT2D eigenvalue weighted by molar-refractivity contribution is 5.53. The standard InChI is InChI=1S/C10H12N2O2/c1-8-6-9(7-11)10(14-8)12-2-4-13-5-3-12/h6H,2-5H2,1H3. The molecule has 1 aliphatic rings. The van der Waals surface area contributed by atoms with E-state index in [0.29, 0.717) is 24.7 Å². The molecule has 1 aliphatic heterocycles. The zero-order valence-corrected chi connectivity index (χ0v) is 8.12. The molecule has 74 valence electrons. The normalized spacial score (nSPS) is 16.7. The lowest BCUT2D eigenvalue weighted by Crippen LogP contribution is -2.36. The molecule has 1 aromatic rings. The summed E-state index contributed by atoms with van der Waals surface area (Å²) in [5.41, 5.74) is 0.615. The molecule has 0 atom stereocenters. The predicted octanol–water partition coefficient (Wildman–Crippen LogP) is 1.30. The number of hydrogen-bond acceptors (Lipinski definition) is 4. The summed E-state index contributed by atoms with van der Waals surface area (Å²) < 4.78 is 10.7. The van der Waals surface area contributed by atoms with Crippen LogP contribution in [0.1, 0.15) is 11.3 Å². The Labute approximate surface area is 82.7 Å². The van der Waals surface area contributed by atoms with Crippen molar-refractivity contribution < 1.29 is 9.15 Å². The van der Waals surface area contributed by atoms with E-state index in [1.807, 2.05) is 6.92 Å². The second-order valence-electron chi connectivity index (χ2n) is 3.29. The average Bonchev–Trinajstić information content (AvgIpc) is 2.61. The molecule has 4 heteroatoms. The Hall–Kier alpha value is -1.47. The van der Waals surface area contributed by atoms with Crippen molar-refractivity contribution in [2.45, 2.75) is 6.92 Å². The Kier molecular flexibility index (Phi) is 2.42. The van der Waals surface area contributed by atoms with Gasteiger partial charge in [-0.2, -0.15) is 5.26 Å². The van der Waals surface area contributed by atoms with Crippen molar-refractivity contribution in [1.82, 2.24) is 0 Å². The minimum absolute atomic E-state index is 0.615. The van der Waals surface area contributed by atoms with Gasteiger partial charge in [-0.1, -0.05) is 0 Å². The Balaban J connectivity index is 2.25. The third-order valence-corrected chi connectivity index (χ3v) is 2.25. The van der Waals surface area contributed by atoms with E-state index in [9.17, 15) is 0 Å². The van der Waals surface area contributed by atoms with E-state index in [2.05, 4.69) is 11.0 Å². The summed E-state index contributed by atoms with van der Waals surface area (Å²) in [4.78, 5) is 2.05. The third-order valence-electron chi connectivity index (χ3n) is 2.25. The van der Waals surface area contributed by atoms with Crippen LogP contribution >= 0.6 is 0 Å². The Morgan fingerprint density at radius 2 is 2.14 bits per heavy atom. The highest BCUT2D eigenvalue weighted by atomic mass is 16.5. The Morgan fingerprint density at radius 1 is 1.43 bits per heavy atom. The second kappa shape index (κ2) is 3.72. The first kappa shape index (κ1) is 9.10. The number of aryl methyl sites for hydroxylation is 1. The quantitative estimate of drug-likeness (QED) is 0.672. The number of nitriles is 1. The van der Waals surface area contributed by atoms with E-state index in [4.69, 9.17) is 14.4 Å². The van der Waals surface area contributed by atoms with Gasteiger partial charge < -0.3 is 14.1 Å². The van der Waals surface area contributed by atoms with Crippen molar-refractivity contribution in [3.05, 3.63) is 17.4 Å². The summed E-state index contributed by atoms with van der Waals surface area (Å²) in [6.45, 7) is 4.84. The molecule has 0 amide bonds. The number of furan rings is 1. The van der Waals surface area contributed by atoms with Crippen molar-refractivity contribution in [3.63, 3.8) is 0 Å². The maximum Gasteiger partial charge on any atom is 0.213 e. The third kappa shape index (κ3) is 1.59. The number of rotatable bonds is 1. The summed E-state index contributed by atoms with van der Waals surface area (Å²) in [6, 6.07) is 3.91. The van der Waals surface area contributed by atoms with Gasteiger partial charge in [0.05, 0.1) is 13.2 Å². The molecule has 2 heterocycles. The molecule has 0 spiro atoms. The van der Waals surface area contributed by atoms with E-state index in [1.54, 1.807) is 6.07 Å². The zero-order valence-electron chi connectivity index (χ0n) is 8.12. The molecule has 0 unspecified atom stereocenters. The van der Waals surface area contributed by atoms with Gasteiger partial charge in [-0.25, -0.2) is 0 Å². The number of ether oxygens (including phenoxy) is 1. The van der Waals surface area contributed by atoms with Crippen molar-refractivity contribution in [3.8, 4) is 6.07 Å². The average molecular weight is 192 g/mol. The Morgan fingerprint density at radius 3 is 2.79 bits per heavy atom. The fourth-order valence-electron chi connectivity index (χ4n) is 1.58. The van der Waals surface area contributed by atoms with Gasteiger partial charge in [0.15, 0.2) is 0 Å². The first-order valence-electron chi connectivity index (χ1n) is 4.64.